The van der Waals surface area contributed by atoms with Gasteiger partial charge in [0.15, 0.2) is 0 Å². The molecule has 1 aliphatic carbocycles. The highest BCUT2D eigenvalue weighted by atomic mass is 19.1. The van der Waals surface area contributed by atoms with E-state index in [4.69, 9.17) is 0 Å². The Labute approximate surface area is 162 Å². The first kappa shape index (κ1) is 19.8. The number of aromatic nitrogens is 1. The highest BCUT2D eigenvalue weighted by Crippen LogP contribution is 2.26. The molecule has 1 fully saturated rings. The molecule has 0 bridgehead atoms. The second kappa shape index (κ2) is 9.30. The third-order valence-corrected chi connectivity index (χ3v) is 5.01. The number of carbonyl (C=O) groups is 2. The molecule has 0 spiro atoms. The lowest BCUT2D eigenvalue weighted by Gasteiger charge is -2.11. The van der Waals surface area contributed by atoms with Crippen molar-refractivity contribution < 1.29 is 14.0 Å². The Bertz CT molecular complexity index is 887. The van der Waals surface area contributed by atoms with Crippen molar-refractivity contribution in [3.05, 3.63) is 64.3 Å². The molecule has 0 unspecified atom stereocenters. The van der Waals surface area contributed by atoms with Crippen molar-refractivity contribution in [2.75, 3.05) is 11.9 Å². The number of hydrogen-bond acceptors (Lipinski definition) is 3. The van der Waals surface area contributed by atoms with E-state index < -0.39 is 11.7 Å². The Balaban J connectivity index is 1.57. The molecular weight excluding hydrogens is 361 g/mol. The average Bonchev–Trinajstić information content (AvgIpc) is 3.19. The first-order valence-electron chi connectivity index (χ1n) is 9.55. The van der Waals surface area contributed by atoms with Gasteiger partial charge in [-0.15, -0.1) is 0 Å². The third-order valence-electron chi connectivity index (χ3n) is 5.01. The molecule has 3 rings (SSSR count). The molecule has 7 heteroatoms. The van der Waals surface area contributed by atoms with Gasteiger partial charge >= 0.3 is 0 Å². The molecule has 2 amide bonds. The second-order valence-electron chi connectivity index (χ2n) is 7.13. The van der Waals surface area contributed by atoms with E-state index >= 15 is 0 Å². The predicted octanol–water partition coefficient (Wildman–Crippen LogP) is 2.94. The van der Waals surface area contributed by atoms with E-state index in [-0.39, 0.29) is 23.6 Å². The molecular formula is C21H24FN3O3. The Morgan fingerprint density at radius 2 is 1.79 bits per heavy atom. The van der Waals surface area contributed by atoms with Crippen LogP contribution in [0.2, 0.25) is 0 Å². The average molecular weight is 385 g/mol. The summed E-state index contributed by atoms with van der Waals surface area (Å²) in [5, 5.41) is 5.47. The van der Waals surface area contributed by atoms with Gasteiger partial charge in [-0.3, -0.25) is 14.4 Å². The zero-order valence-corrected chi connectivity index (χ0v) is 15.6. The third kappa shape index (κ3) is 5.52. The lowest BCUT2D eigenvalue weighted by molar-refractivity contribution is -0.121. The number of carbonyl (C=O) groups excluding carboxylic acids is 2. The number of rotatable bonds is 7. The first-order chi connectivity index (χ1) is 13.5. The molecule has 6 nitrogen and oxygen atoms in total. The van der Waals surface area contributed by atoms with Crippen molar-refractivity contribution in [2.45, 2.75) is 38.6 Å². The largest absolute Gasteiger partial charge is 0.355 e. The highest BCUT2D eigenvalue weighted by molar-refractivity contribution is 6.04. The van der Waals surface area contributed by atoms with E-state index in [0.717, 1.165) is 6.42 Å². The summed E-state index contributed by atoms with van der Waals surface area (Å²) < 4.78 is 14.2. The molecule has 0 atom stereocenters. The molecule has 148 valence electrons. The molecule has 2 aromatic rings. The number of halogens is 1. The molecule has 0 saturated heterocycles. The first-order valence-corrected chi connectivity index (χ1v) is 9.55. The number of amides is 2. The number of pyridine rings is 1. The van der Waals surface area contributed by atoms with Gasteiger partial charge in [-0.25, -0.2) is 4.39 Å². The lowest BCUT2D eigenvalue weighted by Crippen LogP contribution is -2.33. The summed E-state index contributed by atoms with van der Waals surface area (Å²) in [5.41, 5.74) is 0.320. The summed E-state index contributed by atoms with van der Waals surface area (Å²) >= 11 is 0. The van der Waals surface area contributed by atoms with Crippen LogP contribution < -0.4 is 16.2 Å². The van der Waals surface area contributed by atoms with E-state index in [0.29, 0.717) is 18.2 Å². The number of anilines is 1. The van der Waals surface area contributed by atoms with Crippen LogP contribution in [0, 0.1) is 11.7 Å². The molecule has 1 aromatic carbocycles. The van der Waals surface area contributed by atoms with Crippen LogP contribution in [0.3, 0.4) is 0 Å². The van der Waals surface area contributed by atoms with Gasteiger partial charge in [0.2, 0.25) is 5.91 Å². The fraction of sp³-hybridized carbons (Fsp3) is 0.381. The van der Waals surface area contributed by atoms with Gasteiger partial charge in [0, 0.05) is 24.5 Å². The van der Waals surface area contributed by atoms with E-state index in [1.807, 2.05) is 0 Å². The predicted molar refractivity (Wildman–Crippen MR) is 105 cm³/mol. The Morgan fingerprint density at radius 3 is 2.50 bits per heavy atom. The number of benzene rings is 1. The lowest BCUT2D eigenvalue weighted by atomic mass is 10.0. The molecule has 1 heterocycles. The minimum Gasteiger partial charge on any atom is -0.355 e. The number of hydrogen-bond donors (Lipinski definition) is 2. The topological polar surface area (TPSA) is 80.2 Å². The summed E-state index contributed by atoms with van der Waals surface area (Å²) in [6.45, 7) is 0.462. The van der Waals surface area contributed by atoms with Gasteiger partial charge in [-0.2, -0.15) is 0 Å². The van der Waals surface area contributed by atoms with Crippen molar-refractivity contribution in [1.82, 2.24) is 9.88 Å². The van der Waals surface area contributed by atoms with Gasteiger partial charge in [0.1, 0.15) is 12.4 Å². The van der Waals surface area contributed by atoms with Crippen LogP contribution >= 0.6 is 0 Å². The maximum atomic E-state index is 13.0. The number of nitrogens with zero attached hydrogens (tertiary/aromatic N) is 1. The van der Waals surface area contributed by atoms with Gasteiger partial charge in [0.25, 0.3) is 11.5 Å². The standard InChI is InChI=1S/C21H24FN3O3/c22-17-6-8-18(9-7-17)24-21(28)16-5-10-20(27)25(13-16)14-19(26)23-12-11-15-3-1-2-4-15/h5-10,13,15H,1-4,11-12,14H2,(H,23,26)(H,24,28). The maximum Gasteiger partial charge on any atom is 0.257 e. The Hall–Kier alpha value is -2.96. The second-order valence-corrected chi connectivity index (χ2v) is 7.13. The van der Waals surface area contributed by atoms with Gasteiger partial charge in [-0.1, -0.05) is 25.7 Å². The van der Waals surface area contributed by atoms with Crippen LogP contribution in [-0.2, 0) is 11.3 Å². The minimum atomic E-state index is -0.443. The van der Waals surface area contributed by atoms with Crippen LogP contribution in [0.1, 0.15) is 42.5 Å². The minimum absolute atomic E-state index is 0.138. The monoisotopic (exact) mass is 385 g/mol. The smallest absolute Gasteiger partial charge is 0.257 e. The van der Waals surface area contributed by atoms with Gasteiger partial charge in [0.05, 0.1) is 5.56 Å². The fourth-order valence-electron chi connectivity index (χ4n) is 3.45. The molecule has 28 heavy (non-hydrogen) atoms. The zero-order chi connectivity index (χ0) is 19.9. The maximum absolute atomic E-state index is 13.0. The zero-order valence-electron chi connectivity index (χ0n) is 15.6. The van der Waals surface area contributed by atoms with Gasteiger partial charge in [-0.05, 0) is 42.7 Å². The summed E-state index contributed by atoms with van der Waals surface area (Å²) in [7, 11) is 0. The molecule has 1 saturated carbocycles. The fourth-order valence-corrected chi connectivity index (χ4v) is 3.45. The Morgan fingerprint density at radius 1 is 1.07 bits per heavy atom. The van der Waals surface area contributed by atoms with E-state index in [2.05, 4.69) is 10.6 Å². The normalized spacial score (nSPS) is 14.0. The van der Waals surface area contributed by atoms with Crippen molar-refractivity contribution in [1.29, 1.82) is 0 Å². The summed E-state index contributed by atoms with van der Waals surface area (Å²) in [4.78, 5) is 36.5. The van der Waals surface area contributed by atoms with Crippen LogP contribution in [0.4, 0.5) is 10.1 Å². The van der Waals surface area contributed by atoms with Crippen molar-refractivity contribution in [3.8, 4) is 0 Å². The summed E-state index contributed by atoms with van der Waals surface area (Å²) in [5.74, 6) is -0.412. The number of nitrogens with one attached hydrogen (secondary N) is 2. The highest BCUT2D eigenvalue weighted by Gasteiger charge is 2.15. The van der Waals surface area contributed by atoms with E-state index in [1.54, 1.807) is 0 Å². The summed E-state index contributed by atoms with van der Waals surface area (Å²) in [6, 6.07) is 8.03. The molecule has 0 radical (unpaired) electrons. The van der Waals surface area contributed by atoms with Gasteiger partial charge < -0.3 is 15.2 Å². The SMILES string of the molecule is O=C(Cn1cc(C(=O)Nc2ccc(F)cc2)ccc1=O)NCCC1CCCC1. The molecule has 1 aromatic heterocycles. The molecule has 1 aliphatic rings. The van der Waals surface area contributed by atoms with Crippen LogP contribution in [0.15, 0.2) is 47.4 Å². The van der Waals surface area contributed by atoms with Crippen molar-refractivity contribution in [3.63, 3.8) is 0 Å². The summed E-state index contributed by atoms with van der Waals surface area (Å²) in [6.07, 6.45) is 7.29. The quantitative estimate of drug-likeness (QED) is 0.769. The van der Waals surface area contributed by atoms with Crippen LogP contribution in [0.25, 0.3) is 0 Å². The van der Waals surface area contributed by atoms with Crippen molar-refractivity contribution >= 4 is 17.5 Å². The van der Waals surface area contributed by atoms with Crippen molar-refractivity contribution in [2.24, 2.45) is 5.92 Å². The van der Waals surface area contributed by atoms with E-state index in [1.165, 1.54) is 72.8 Å². The Kier molecular flexibility index (Phi) is 6.57. The van der Waals surface area contributed by atoms with E-state index in [9.17, 15) is 18.8 Å². The van der Waals surface area contributed by atoms with Crippen LogP contribution in [-0.4, -0.2) is 22.9 Å². The molecule has 2 N–H and O–H groups in total. The molecule has 0 aliphatic heterocycles. The van der Waals surface area contributed by atoms with Crippen LogP contribution in [0.5, 0.6) is 0 Å².